The van der Waals surface area contributed by atoms with E-state index in [-0.39, 0.29) is 11.5 Å². The van der Waals surface area contributed by atoms with Crippen molar-refractivity contribution in [1.29, 1.82) is 0 Å². The van der Waals surface area contributed by atoms with Crippen LogP contribution >= 0.6 is 0 Å². The first-order valence-corrected chi connectivity index (χ1v) is 7.00. The van der Waals surface area contributed by atoms with E-state index in [1.165, 1.54) is 0 Å². The molecule has 0 bridgehead atoms. The molecule has 0 aliphatic rings. The van der Waals surface area contributed by atoms with Crippen molar-refractivity contribution in [3.8, 4) is 0 Å². The van der Waals surface area contributed by atoms with Gasteiger partial charge in [-0.2, -0.15) is 0 Å². The summed E-state index contributed by atoms with van der Waals surface area (Å²) in [7, 11) is -2.78. The first kappa shape index (κ1) is 13.7. The Balaban J connectivity index is 3.45. The van der Waals surface area contributed by atoms with E-state index in [0.29, 0.717) is 6.42 Å². The van der Waals surface area contributed by atoms with Crippen LogP contribution in [-0.2, 0) is 9.84 Å². The highest BCUT2D eigenvalue weighted by Gasteiger charge is 2.03. The van der Waals surface area contributed by atoms with Crippen molar-refractivity contribution in [2.75, 3.05) is 24.6 Å². The van der Waals surface area contributed by atoms with Crippen LogP contribution in [0.1, 0.15) is 26.7 Å². The van der Waals surface area contributed by atoms with Crippen LogP contribution in [0.15, 0.2) is 12.2 Å². The highest BCUT2D eigenvalue weighted by Crippen LogP contribution is 1.95. The highest BCUT2D eigenvalue weighted by molar-refractivity contribution is 7.91. The molecule has 0 aliphatic carbocycles. The molecule has 0 aromatic rings. The SMILES string of the molecule is CCNCC/C=C/CCS(=O)(=O)CC. The fourth-order valence-corrected chi connectivity index (χ4v) is 1.77. The van der Waals surface area contributed by atoms with Crippen molar-refractivity contribution < 1.29 is 8.42 Å². The molecule has 0 saturated heterocycles. The Hall–Kier alpha value is -0.350. The van der Waals surface area contributed by atoms with Crippen LogP contribution in [0.5, 0.6) is 0 Å². The van der Waals surface area contributed by atoms with Crippen molar-refractivity contribution in [2.24, 2.45) is 0 Å². The summed E-state index contributed by atoms with van der Waals surface area (Å²) < 4.78 is 22.2. The first-order chi connectivity index (χ1) is 6.62. The Bertz CT molecular complexity index is 245. The summed E-state index contributed by atoms with van der Waals surface area (Å²) in [6.07, 6.45) is 5.60. The molecule has 0 radical (unpaired) electrons. The molecular weight excluding hydrogens is 198 g/mol. The molecule has 0 fully saturated rings. The van der Waals surface area contributed by atoms with E-state index in [1.807, 2.05) is 12.2 Å². The molecule has 0 atom stereocenters. The van der Waals surface area contributed by atoms with Gasteiger partial charge in [0.05, 0.1) is 5.75 Å². The van der Waals surface area contributed by atoms with Crippen LogP contribution in [0, 0.1) is 0 Å². The lowest BCUT2D eigenvalue weighted by Gasteiger charge is -1.97. The van der Waals surface area contributed by atoms with Gasteiger partial charge in [0, 0.05) is 5.75 Å². The number of nitrogens with one attached hydrogen (secondary N) is 1. The summed E-state index contributed by atoms with van der Waals surface area (Å²) in [6, 6.07) is 0. The second-order valence-corrected chi connectivity index (χ2v) is 5.61. The Kier molecular flexibility index (Phi) is 7.80. The average Bonchev–Trinajstić information content (AvgIpc) is 2.16. The molecule has 0 spiro atoms. The van der Waals surface area contributed by atoms with E-state index in [9.17, 15) is 8.42 Å². The summed E-state index contributed by atoms with van der Waals surface area (Å²) in [5.41, 5.74) is 0. The third-order valence-corrected chi connectivity index (χ3v) is 3.68. The maximum absolute atomic E-state index is 11.1. The summed E-state index contributed by atoms with van der Waals surface area (Å²) >= 11 is 0. The maximum atomic E-state index is 11.1. The lowest BCUT2D eigenvalue weighted by molar-refractivity contribution is 0.597. The second-order valence-electron chi connectivity index (χ2n) is 3.14. The van der Waals surface area contributed by atoms with Crippen molar-refractivity contribution >= 4 is 9.84 Å². The zero-order chi connectivity index (χ0) is 10.9. The number of rotatable bonds is 8. The van der Waals surface area contributed by atoms with Gasteiger partial charge in [0.1, 0.15) is 9.84 Å². The molecule has 0 heterocycles. The number of hydrogen-bond acceptors (Lipinski definition) is 3. The van der Waals surface area contributed by atoms with Crippen molar-refractivity contribution in [3.63, 3.8) is 0 Å². The maximum Gasteiger partial charge on any atom is 0.150 e. The quantitative estimate of drug-likeness (QED) is 0.495. The van der Waals surface area contributed by atoms with Gasteiger partial charge < -0.3 is 5.32 Å². The minimum absolute atomic E-state index is 0.248. The molecule has 0 amide bonds. The Morgan fingerprint density at radius 2 is 1.79 bits per heavy atom. The zero-order valence-electron chi connectivity index (χ0n) is 9.12. The lowest BCUT2D eigenvalue weighted by atomic mass is 10.3. The zero-order valence-corrected chi connectivity index (χ0v) is 9.94. The van der Waals surface area contributed by atoms with Crippen molar-refractivity contribution in [1.82, 2.24) is 5.32 Å². The minimum atomic E-state index is -2.78. The molecule has 0 aromatic heterocycles. The topological polar surface area (TPSA) is 46.2 Å². The van der Waals surface area contributed by atoms with Gasteiger partial charge in [0.25, 0.3) is 0 Å². The van der Waals surface area contributed by atoms with Gasteiger partial charge in [-0.25, -0.2) is 8.42 Å². The Labute approximate surface area is 87.5 Å². The first-order valence-electron chi connectivity index (χ1n) is 5.18. The molecule has 84 valence electrons. The van der Waals surface area contributed by atoms with Crippen molar-refractivity contribution in [3.05, 3.63) is 12.2 Å². The standard InChI is InChI=1S/C10H21NO2S/c1-3-11-9-7-5-6-8-10-14(12,13)4-2/h5-6,11H,3-4,7-10H2,1-2H3/b6-5+. The van der Waals surface area contributed by atoms with Gasteiger partial charge in [-0.05, 0) is 25.9 Å². The predicted octanol–water partition coefficient (Wildman–Crippen LogP) is 1.37. The molecule has 14 heavy (non-hydrogen) atoms. The number of allylic oxidation sites excluding steroid dienone is 1. The summed E-state index contributed by atoms with van der Waals surface area (Å²) in [5.74, 6) is 0.527. The molecule has 1 N–H and O–H groups in total. The second kappa shape index (κ2) is 8.00. The average molecular weight is 219 g/mol. The summed E-state index contributed by atoms with van der Waals surface area (Å²) in [5, 5.41) is 3.20. The fourth-order valence-electron chi connectivity index (χ4n) is 0.990. The van der Waals surface area contributed by atoms with Crippen molar-refractivity contribution in [2.45, 2.75) is 26.7 Å². The number of sulfone groups is 1. The Morgan fingerprint density at radius 1 is 1.14 bits per heavy atom. The molecular formula is C10H21NO2S. The van der Waals surface area contributed by atoms with E-state index >= 15 is 0 Å². The molecule has 0 aromatic carbocycles. The third kappa shape index (κ3) is 8.26. The molecule has 0 unspecified atom stereocenters. The van der Waals surface area contributed by atoms with Crippen LogP contribution in [0.3, 0.4) is 0 Å². The van der Waals surface area contributed by atoms with Gasteiger partial charge in [-0.1, -0.05) is 26.0 Å². The van der Waals surface area contributed by atoms with Crippen LogP contribution in [0.25, 0.3) is 0 Å². The monoisotopic (exact) mass is 219 g/mol. The lowest BCUT2D eigenvalue weighted by Crippen LogP contribution is -2.13. The summed E-state index contributed by atoms with van der Waals surface area (Å²) in [6.45, 7) is 5.70. The third-order valence-electron chi connectivity index (χ3n) is 1.94. The smallest absolute Gasteiger partial charge is 0.150 e. The van der Waals surface area contributed by atoms with E-state index in [0.717, 1.165) is 19.5 Å². The van der Waals surface area contributed by atoms with Gasteiger partial charge >= 0.3 is 0 Å². The Morgan fingerprint density at radius 3 is 2.36 bits per heavy atom. The number of hydrogen-bond donors (Lipinski definition) is 1. The highest BCUT2D eigenvalue weighted by atomic mass is 32.2. The van der Waals surface area contributed by atoms with Crippen LogP contribution in [-0.4, -0.2) is 33.0 Å². The predicted molar refractivity (Wildman–Crippen MR) is 61.2 cm³/mol. The van der Waals surface area contributed by atoms with Gasteiger partial charge in [0.2, 0.25) is 0 Å². The molecule has 0 rings (SSSR count). The molecule has 3 nitrogen and oxygen atoms in total. The van der Waals surface area contributed by atoms with Crippen LogP contribution in [0.4, 0.5) is 0 Å². The largest absolute Gasteiger partial charge is 0.317 e. The van der Waals surface area contributed by atoms with Gasteiger partial charge in [0.15, 0.2) is 0 Å². The molecule has 4 heteroatoms. The van der Waals surface area contributed by atoms with E-state index in [4.69, 9.17) is 0 Å². The van der Waals surface area contributed by atoms with Gasteiger partial charge in [-0.3, -0.25) is 0 Å². The molecule has 0 aliphatic heterocycles. The van der Waals surface area contributed by atoms with E-state index in [1.54, 1.807) is 6.92 Å². The van der Waals surface area contributed by atoms with Gasteiger partial charge in [-0.15, -0.1) is 0 Å². The summed E-state index contributed by atoms with van der Waals surface area (Å²) in [4.78, 5) is 0. The molecule has 0 saturated carbocycles. The van der Waals surface area contributed by atoms with E-state index in [2.05, 4.69) is 12.2 Å². The van der Waals surface area contributed by atoms with Crippen LogP contribution < -0.4 is 5.32 Å². The van der Waals surface area contributed by atoms with Crippen LogP contribution in [0.2, 0.25) is 0 Å². The normalized spacial score (nSPS) is 12.4. The fraction of sp³-hybridized carbons (Fsp3) is 0.800. The van der Waals surface area contributed by atoms with E-state index < -0.39 is 9.84 Å². The minimum Gasteiger partial charge on any atom is -0.317 e.